The van der Waals surface area contributed by atoms with Crippen LogP contribution in [0.25, 0.3) is 0 Å². The van der Waals surface area contributed by atoms with Crippen molar-refractivity contribution >= 4 is 17.7 Å². The van der Waals surface area contributed by atoms with E-state index in [1.807, 2.05) is 0 Å². The van der Waals surface area contributed by atoms with Crippen LogP contribution < -0.4 is 5.73 Å². The van der Waals surface area contributed by atoms with E-state index in [0.717, 1.165) is 6.42 Å². The van der Waals surface area contributed by atoms with Gasteiger partial charge in [0, 0.05) is 11.3 Å². The first-order valence-electron chi connectivity index (χ1n) is 5.96. The molecule has 98 valence electrons. The molecule has 6 nitrogen and oxygen atoms in total. The van der Waals surface area contributed by atoms with Crippen LogP contribution in [0, 0.1) is 11.8 Å². The number of carbonyl (C=O) groups excluding carboxylic acids is 1. The summed E-state index contributed by atoms with van der Waals surface area (Å²) in [6, 6.07) is 0. The Labute approximate surface area is 105 Å². The van der Waals surface area contributed by atoms with Gasteiger partial charge in [-0.2, -0.15) is 0 Å². The number of hydrogen-bond acceptors (Lipinski definition) is 5. The molecule has 2 fully saturated rings. The number of carboxylic acid groups (broad SMARTS) is 1. The molecule has 0 unspecified atom stereocenters. The number of nitrogens with zero attached hydrogens (tertiary/aromatic N) is 1. The summed E-state index contributed by atoms with van der Waals surface area (Å²) in [5.74, 6) is -0.789. The van der Waals surface area contributed by atoms with Crippen molar-refractivity contribution in [1.82, 2.24) is 0 Å². The molecule has 18 heavy (non-hydrogen) atoms. The average molecular weight is 252 g/mol. The summed E-state index contributed by atoms with van der Waals surface area (Å²) in [5.41, 5.74) is 7.25. The van der Waals surface area contributed by atoms with Gasteiger partial charge in [0.1, 0.15) is 12.2 Å². The van der Waals surface area contributed by atoms with Crippen molar-refractivity contribution in [3.8, 4) is 0 Å². The monoisotopic (exact) mass is 252 g/mol. The van der Waals surface area contributed by atoms with Crippen LogP contribution in [0.1, 0.15) is 19.8 Å². The highest BCUT2D eigenvalue weighted by molar-refractivity contribution is 6.10. The maximum absolute atomic E-state index is 11.6. The van der Waals surface area contributed by atoms with Crippen molar-refractivity contribution in [2.75, 3.05) is 13.2 Å². The number of fused-ring (bicyclic) bond motifs is 1. The maximum Gasteiger partial charge on any atom is 0.354 e. The lowest BCUT2D eigenvalue weighted by atomic mass is 10.1. The molecule has 0 aromatic rings. The smallest absolute Gasteiger partial charge is 0.354 e. The van der Waals surface area contributed by atoms with Gasteiger partial charge in [0.15, 0.2) is 0 Å². The summed E-state index contributed by atoms with van der Waals surface area (Å²) in [6.45, 7) is 1.70. The van der Waals surface area contributed by atoms with E-state index >= 15 is 0 Å². The molecule has 6 heteroatoms. The fraction of sp³-hybridized carbons (Fsp3) is 0.583. The minimum absolute atomic E-state index is 0.0889. The van der Waals surface area contributed by atoms with Crippen molar-refractivity contribution in [3.63, 3.8) is 0 Å². The summed E-state index contributed by atoms with van der Waals surface area (Å²) in [4.78, 5) is 26.1. The lowest BCUT2D eigenvalue weighted by Crippen LogP contribution is -2.20. The summed E-state index contributed by atoms with van der Waals surface area (Å²) in [7, 11) is 0. The van der Waals surface area contributed by atoms with Gasteiger partial charge in [-0.3, -0.25) is 9.79 Å². The van der Waals surface area contributed by atoms with Crippen LogP contribution in [0.2, 0.25) is 0 Å². The number of aliphatic imine (C=N–C) groups is 1. The second-order valence-corrected chi connectivity index (χ2v) is 4.51. The highest BCUT2D eigenvalue weighted by Crippen LogP contribution is 2.54. The molecule has 0 aliphatic heterocycles. The Bertz CT molecular complexity index is 453. The predicted octanol–water partition coefficient (Wildman–Crippen LogP) is 0.328. The van der Waals surface area contributed by atoms with Gasteiger partial charge in [-0.05, 0) is 31.6 Å². The Morgan fingerprint density at radius 2 is 2.28 bits per heavy atom. The molecule has 2 rings (SSSR count). The Hall–Kier alpha value is -1.85. The number of ether oxygens (including phenoxy) is 1. The van der Waals surface area contributed by atoms with Gasteiger partial charge in [-0.1, -0.05) is 0 Å². The highest BCUT2D eigenvalue weighted by Gasteiger charge is 2.50. The van der Waals surface area contributed by atoms with Crippen LogP contribution in [0.4, 0.5) is 0 Å². The molecule has 2 saturated carbocycles. The van der Waals surface area contributed by atoms with Gasteiger partial charge in [-0.15, -0.1) is 0 Å². The Morgan fingerprint density at radius 1 is 1.56 bits per heavy atom. The first kappa shape index (κ1) is 12.6. The van der Waals surface area contributed by atoms with Gasteiger partial charge in [0.05, 0.1) is 6.61 Å². The molecule has 0 aromatic heterocycles. The van der Waals surface area contributed by atoms with Gasteiger partial charge in [0.25, 0.3) is 0 Å². The summed E-state index contributed by atoms with van der Waals surface area (Å²) < 4.78 is 4.86. The third kappa shape index (κ3) is 2.37. The molecule has 0 amide bonds. The predicted molar refractivity (Wildman–Crippen MR) is 64.0 cm³/mol. The first-order chi connectivity index (χ1) is 8.54. The van der Waals surface area contributed by atoms with Crippen LogP contribution >= 0.6 is 0 Å². The lowest BCUT2D eigenvalue weighted by molar-refractivity contribution is -0.138. The molecule has 0 spiro atoms. The van der Waals surface area contributed by atoms with E-state index in [-0.39, 0.29) is 24.8 Å². The summed E-state index contributed by atoms with van der Waals surface area (Å²) >= 11 is 0. The first-order valence-corrected chi connectivity index (χ1v) is 5.96. The number of carbonyl (C=O) groups is 2. The van der Waals surface area contributed by atoms with Gasteiger partial charge < -0.3 is 15.6 Å². The number of aliphatic carboxylic acids is 1. The van der Waals surface area contributed by atoms with Crippen molar-refractivity contribution < 1.29 is 19.4 Å². The van der Waals surface area contributed by atoms with E-state index in [2.05, 4.69) is 4.99 Å². The van der Waals surface area contributed by atoms with Crippen molar-refractivity contribution in [1.29, 1.82) is 0 Å². The number of allylic oxidation sites excluding steroid dienone is 1. The molecule has 0 bridgehead atoms. The topological polar surface area (TPSA) is 102 Å². The number of hydrogen-bond donors (Lipinski definition) is 2. The van der Waals surface area contributed by atoms with Gasteiger partial charge >= 0.3 is 11.9 Å². The molecule has 0 saturated heterocycles. The van der Waals surface area contributed by atoms with Gasteiger partial charge in [0.2, 0.25) is 0 Å². The minimum Gasteiger partial charge on any atom is -0.480 e. The minimum atomic E-state index is -0.989. The Balaban J connectivity index is 2.22. The second kappa shape index (κ2) is 4.80. The molecule has 0 aromatic carbocycles. The maximum atomic E-state index is 11.6. The zero-order chi connectivity index (χ0) is 13.3. The molecule has 2 aliphatic rings. The number of carboxylic acids is 1. The summed E-state index contributed by atoms with van der Waals surface area (Å²) in [6.07, 6.45) is 1.72. The third-order valence-corrected chi connectivity index (χ3v) is 3.25. The van der Waals surface area contributed by atoms with E-state index in [1.165, 1.54) is 0 Å². The molecule has 0 radical (unpaired) electrons. The van der Waals surface area contributed by atoms with Gasteiger partial charge in [-0.25, -0.2) is 4.79 Å². The molecule has 3 N–H and O–H groups in total. The highest BCUT2D eigenvalue weighted by atomic mass is 16.5. The summed E-state index contributed by atoms with van der Waals surface area (Å²) in [5, 5.41) is 8.62. The molecule has 2 aliphatic carbocycles. The molecule has 0 heterocycles. The zero-order valence-electron chi connectivity index (χ0n) is 10.2. The van der Waals surface area contributed by atoms with E-state index in [4.69, 9.17) is 15.6 Å². The fourth-order valence-corrected chi connectivity index (χ4v) is 2.39. The quantitative estimate of drug-likeness (QED) is 0.554. The molecular formula is C12H16N2O4. The lowest BCUT2D eigenvalue weighted by Gasteiger charge is -2.08. The van der Waals surface area contributed by atoms with E-state index < -0.39 is 11.9 Å². The average Bonchev–Trinajstić information content (AvgIpc) is 2.98. The molecular weight excluding hydrogens is 236 g/mol. The van der Waals surface area contributed by atoms with Crippen molar-refractivity contribution in [3.05, 3.63) is 11.3 Å². The van der Waals surface area contributed by atoms with Crippen LogP contribution in [0.3, 0.4) is 0 Å². The second-order valence-electron chi connectivity index (χ2n) is 4.51. The Morgan fingerprint density at radius 3 is 2.89 bits per heavy atom. The standard InChI is InChI=1S/C12H16N2O4/c1-2-18-12(17)11(13)10-7-3-6(7)4-8(10)14-5-9(15)16/h6-7H,2-5,13H2,1H3,(H,15,16)/t6-,7-/m1/s1. The fourth-order valence-electron chi connectivity index (χ4n) is 2.39. The van der Waals surface area contributed by atoms with E-state index in [9.17, 15) is 9.59 Å². The van der Waals surface area contributed by atoms with Crippen molar-refractivity contribution in [2.45, 2.75) is 19.8 Å². The third-order valence-electron chi connectivity index (χ3n) is 3.25. The van der Waals surface area contributed by atoms with Crippen LogP contribution in [-0.4, -0.2) is 35.9 Å². The SMILES string of the molecule is CCOC(=O)C(N)=C1C(=NCC(=O)O)C[C@H]2C[C@@H]12. The number of nitrogens with two attached hydrogens (primary N) is 1. The van der Waals surface area contributed by atoms with Crippen LogP contribution in [-0.2, 0) is 14.3 Å². The largest absolute Gasteiger partial charge is 0.480 e. The van der Waals surface area contributed by atoms with Crippen LogP contribution in [0.5, 0.6) is 0 Å². The number of rotatable bonds is 4. The Kier molecular flexibility index (Phi) is 3.36. The normalized spacial score (nSPS) is 29.9. The van der Waals surface area contributed by atoms with Crippen molar-refractivity contribution in [2.24, 2.45) is 22.6 Å². The zero-order valence-corrected chi connectivity index (χ0v) is 10.2. The van der Waals surface area contributed by atoms with E-state index in [0.29, 0.717) is 23.6 Å². The number of esters is 1. The molecule has 2 atom stereocenters. The van der Waals surface area contributed by atoms with E-state index in [1.54, 1.807) is 6.92 Å². The van der Waals surface area contributed by atoms with Crippen LogP contribution in [0.15, 0.2) is 16.3 Å².